The first-order valence-electron chi connectivity index (χ1n) is 5.26. The minimum Gasteiger partial charge on any atom is -0.395 e. The molecule has 0 saturated carbocycles. The second-order valence-electron chi connectivity index (χ2n) is 3.93. The van der Waals surface area contributed by atoms with E-state index in [1.54, 1.807) is 6.20 Å². The van der Waals surface area contributed by atoms with Crippen LogP contribution in [0.25, 0.3) is 0 Å². The predicted octanol–water partition coefficient (Wildman–Crippen LogP) is 0.288. The molecular weight excluding hydrogens is 197 g/mol. The molecule has 4 nitrogen and oxygen atoms in total. The van der Waals surface area contributed by atoms with E-state index in [0.717, 1.165) is 13.1 Å². The molecule has 0 spiro atoms. The Kier molecular flexibility index (Phi) is 3.33. The van der Waals surface area contributed by atoms with Crippen molar-refractivity contribution in [3.05, 3.63) is 18.5 Å². The summed E-state index contributed by atoms with van der Waals surface area (Å²) in [6.07, 6.45) is 3.28. The van der Waals surface area contributed by atoms with Crippen LogP contribution in [0.4, 0.5) is 4.39 Å². The monoisotopic (exact) mass is 213 g/mol. The van der Waals surface area contributed by atoms with Crippen LogP contribution in [0.3, 0.4) is 0 Å². The van der Waals surface area contributed by atoms with Crippen molar-refractivity contribution < 1.29 is 9.50 Å². The number of hydrogen-bond donors (Lipinski definition) is 1. The van der Waals surface area contributed by atoms with Crippen molar-refractivity contribution in [1.82, 2.24) is 14.7 Å². The van der Waals surface area contributed by atoms with Gasteiger partial charge in [0, 0.05) is 31.5 Å². The van der Waals surface area contributed by atoms with E-state index >= 15 is 0 Å². The molecule has 1 aromatic heterocycles. The van der Waals surface area contributed by atoms with Gasteiger partial charge in [-0.1, -0.05) is 0 Å². The van der Waals surface area contributed by atoms with Gasteiger partial charge in [0.1, 0.15) is 6.17 Å². The zero-order valence-electron chi connectivity index (χ0n) is 8.59. The third-order valence-electron chi connectivity index (χ3n) is 2.86. The molecule has 0 unspecified atom stereocenters. The molecule has 15 heavy (non-hydrogen) atoms. The minimum atomic E-state index is -0.792. The van der Waals surface area contributed by atoms with Crippen LogP contribution in [0.5, 0.6) is 0 Å². The molecule has 5 heteroatoms. The lowest BCUT2D eigenvalue weighted by atomic mass is 10.2. The third kappa shape index (κ3) is 2.54. The van der Waals surface area contributed by atoms with E-state index in [1.807, 2.05) is 21.8 Å². The van der Waals surface area contributed by atoms with Gasteiger partial charge in [-0.15, -0.1) is 0 Å². The largest absolute Gasteiger partial charge is 0.395 e. The number of likely N-dealkylation sites (tertiary alicyclic amines) is 1. The quantitative estimate of drug-likeness (QED) is 0.781. The molecule has 0 bridgehead atoms. The highest BCUT2D eigenvalue weighted by Crippen LogP contribution is 2.19. The molecule has 1 saturated heterocycles. The maximum absolute atomic E-state index is 13.1. The highest BCUT2D eigenvalue weighted by molar-refractivity contribution is 4.85. The molecule has 2 heterocycles. The van der Waals surface area contributed by atoms with E-state index in [9.17, 15) is 4.39 Å². The number of nitrogens with zero attached hydrogens (tertiary/aromatic N) is 3. The first-order valence-corrected chi connectivity index (χ1v) is 5.26. The topological polar surface area (TPSA) is 41.3 Å². The van der Waals surface area contributed by atoms with Crippen LogP contribution in [0, 0.1) is 0 Å². The summed E-state index contributed by atoms with van der Waals surface area (Å²) in [7, 11) is 0. The van der Waals surface area contributed by atoms with Crippen molar-refractivity contribution in [2.45, 2.75) is 25.2 Å². The summed E-state index contributed by atoms with van der Waals surface area (Å²) in [5.74, 6) is 0. The molecular formula is C10H16FN3O. The van der Waals surface area contributed by atoms with E-state index in [4.69, 9.17) is 5.11 Å². The lowest BCUT2D eigenvalue weighted by molar-refractivity contribution is 0.153. The molecule has 0 aromatic carbocycles. The van der Waals surface area contributed by atoms with Gasteiger partial charge in [0.05, 0.1) is 13.2 Å². The van der Waals surface area contributed by atoms with Gasteiger partial charge < -0.3 is 5.11 Å². The molecule has 1 aliphatic rings. The number of aliphatic hydroxyl groups is 1. The normalized spacial score (nSPS) is 27.3. The fourth-order valence-corrected chi connectivity index (χ4v) is 2.05. The lowest BCUT2D eigenvalue weighted by Gasteiger charge is -2.21. The summed E-state index contributed by atoms with van der Waals surface area (Å²) in [5.41, 5.74) is 0. The maximum Gasteiger partial charge on any atom is 0.114 e. The van der Waals surface area contributed by atoms with Crippen LogP contribution >= 0.6 is 0 Å². The zero-order chi connectivity index (χ0) is 10.7. The number of rotatable bonds is 4. The summed E-state index contributed by atoms with van der Waals surface area (Å²) in [6, 6.07) is 1.85. The van der Waals surface area contributed by atoms with Gasteiger partial charge in [-0.05, 0) is 12.5 Å². The highest BCUT2D eigenvalue weighted by atomic mass is 19.1. The van der Waals surface area contributed by atoms with Crippen molar-refractivity contribution in [2.24, 2.45) is 0 Å². The first kappa shape index (κ1) is 10.6. The molecule has 1 fully saturated rings. The average Bonchev–Trinajstić information content (AvgIpc) is 2.83. The Morgan fingerprint density at radius 1 is 1.47 bits per heavy atom. The standard InChI is InChI=1S/C10H16FN3O/c11-9-6-10(8-15)13(7-9)4-5-14-3-1-2-12-14/h1-3,9-10,15H,4-8H2/t9-,10-/m0/s1. The van der Waals surface area contributed by atoms with Gasteiger partial charge in [0.2, 0.25) is 0 Å². The fourth-order valence-electron chi connectivity index (χ4n) is 2.05. The van der Waals surface area contributed by atoms with Crippen LogP contribution in [0.1, 0.15) is 6.42 Å². The van der Waals surface area contributed by atoms with Crippen LogP contribution in [0.15, 0.2) is 18.5 Å². The third-order valence-corrected chi connectivity index (χ3v) is 2.86. The fraction of sp³-hybridized carbons (Fsp3) is 0.700. The summed E-state index contributed by atoms with van der Waals surface area (Å²) in [6.45, 7) is 1.97. The molecule has 0 aliphatic carbocycles. The van der Waals surface area contributed by atoms with Crippen LogP contribution < -0.4 is 0 Å². The van der Waals surface area contributed by atoms with Gasteiger partial charge in [0.25, 0.3) is 0 Å². The van der Waals surface area contributed by atoms with E-state index in [2.05, 4.69) is 5.10 Å². The number of hydrogen-bond acceptors (Lipinski definition) is 3. The van der Waals surface area contributed by atoms with Crippen LogP contribution in [0.2, 0.25) is 0 Å². The second-order valence-corrected chi connectivity index (χ2v) is 3.93. The number of alkyl halides is 1. The van der Waals surface area contributed by atoms with Gasteiger partial charge in [-0.3, -0.25) is 9.58 Å². The number of halogens is 1. The minimum absolute atomic E-state index is 0.0180. The van der Waals surface area contributed by atoms with Crippen molar-refractivity contribution in [3.63, 3.8) is 0 Å². The summed E-state index contributed by atoms with van der Waals surface area (Å²) < 4.78 is 14.9. The number of aliphatic hydroxyl groups excluding tert-OH is 1. The van der Waals surface area contributed by atoms with Crippen molar-refractivity contribution in [2.75, 3.05) is 19.7 Å². The zero-order valence-corrected chi connectivity index (χ0v) is 8.59. The highest BCUT2D eigenvalue weighted by Gasteiger charge is 2.30. The first-order chi connectivity index (χ1) is 7.29. The Morgan fingerprint density at radius 2 is 2.33 bits per heavy atom. The van der Waals surface area contributed by atoms with Gasteiger partial charge in [-0.2, -0.15) is 5.10 Å². The average molecular weight is 213 g/mol. The van der Waals surface area contributed by atoms with Gasteiger partial charge >= 0.3 is 0 Å². The predicted molar refractivity (Wildman–Crippen MR) is 54.2 cm³/mol. The number of aromatic nitrogens is 2. The Morgan fingerprint density at radius 3 is 3.00 bits per heavy atom. The SMILES string of the molecule is OC[C@@H]1C[C@H](F)CN1CCn1cccn1. The van der Waals surface area contributed by atoms with Crippen LogP contribution in [-0.2, 0) is 6.54 Å². The van der Waals surface area contributed by atoms with Gasteiger partial charge in [0.15, 0.2) is 0 Å². The molecule has 1 aliphatic heterocycles. The summed E-state index contributed by atoms with van der Waals surface area (Å²) in [5, 5.41) is 13.2. The summed E-state index contributed by atoms with van der Waals surface area (Å²) in [4.78, 5) is 1.99. The maximum atomic E-state index is 13.1. The van der Waals surface area contributed by atoms with Gasteiger partial charge in [-0.25, -0.2) is 4.39 Å². The Hall–Kier alpha value is -0.940. The lowest BCUT2D eigenvalue weighted by Crippen LogP contribution is -2.35. The van der Waals surface area contributed by atoms with Crippen LogP contribution in [-0.4, -0.2) is 51.7 Å². The molecule has 1 aromatic rings. The molecule has 2 rings (SSSR count). The molecule has 2 atom stereocenters. The van der Waals surface area contributed by atoms with Crippen molar-refractivity contribution in [3.8, 4) is 0 Å². The Balaban J connectivity index is 1.83. The van der Waals surface area contributed by atoms with E-state index < -0.39 is 6.17 Å². The molecule has 0 radical (unpaired) electrons. The van der Waals surface area contributed by atoms with E-state index in [-0.39, 0.29) is 12.6 Å². The molecule has 84 valence electrons. The Labute approximate surface area is 88.3 Å². The van der Waals surface area contributed by atoms with Crippen molar-refractivity contribution in [1.29, 1.82) is 0 Å². The summed E-state index contributed by atoms with van der Waals surface area (Å²) >= 11 is 0. The molecule has 0 amide bonds. The molecule has 1 N–H and O–H groups in total. The van der Waals surface area contributed by atoms with E-state index in [0.29, 0.717) is 13.0 Å². The second kappa shape index (κ2) is 4.72. The smallest absolute Gasteiger partial charge is 0.114 e. The van der Waals surface area contributed by atoms with Crippen molar-refractivity contribution >= 4 is 0 Å². The van der Waals surface area contributed by atoms with E-state index in [1.165, 1.54) is 0 Å². The Bertz CT molecular complexity index is 291.